The topological polar surface area (TPSA) is 99.1 Å². The number of nitrogens with two attached hydrogens (primary N) is 1. The number of carbonyl (C=O) groups is 1. The molecule has 0 saturated carbocycles. The summed E-state index contributed by atoms with van der Waals surface area (Å²) in [6.07, 6.45) is 3.03. The molecule has 1 aromatic carbocycles. The van der Waals surface area contributed by atoms with Crippen LogP contribution >= 0.6 is 11.3 Å². The predicted octanol–water partition coefficient (Wildman–Crippen LogP) is 4.36. The standard InChI is InChI=1S/C18H17N3O3S/c1-2-3-6-12-8-9-14-15(19)17(25-18(14)20-12)16(22)11-5-4-7-13(10-11)21(23)24/h4-5,7-10H,2-3,6,19H2,1H3. The summed E-state index contributed by atoms with van der Waals surface area (Å²) in [7, 11) is 0. The van der Waals surface area contributed by atoms with Crippen molar-refractivity contribution in [1.29, 1.82) is 0 Å². The van der Waals surface area contributed by atoms with E-state index in [9.17, 15) is 14.9 Å². The molecule has 2 heterocycles. The Kier molecular flexibility index (Phi) is 4.76. The van der Waals surface area contributed by atoms with Gasteiger partial charge < -0.3 is 5.73 Å². The third-order valence-corrected chi connectivity index (χ3v) is 5.08. The highest BCUT2D eigenvalue weighted by Crippen LogP contribution is 2.34. The van der Waals surface area contributed by atoms with Crippen molar-refractivity contribution in [2.75, 3.05) is 5.73 Å². The second-order valence-electron chi connectivity index (χ2n) is 5.74. The summed E-state index contributed by atoms with van der Waals surface area (Å²) >= 11 is 1.23. The van der Waals surface area contributed by atoms with Crippen LogP contribution in [-0.2, 0) is 6.42 Å². The number of aromatic nitrogens is 1. The number of anilines is 1. The summed E-state index contributed by atoms with van der Waals surface area (Å²) in [6.45, 7) is 2.12. The van der Waals surface area contributed by atoms with E-state index in [1.165, 1.54) is 29.5 Å². The Labute approximate surface area is 148 Å². The zero-order valence-corrected chi connectivity index (χ0v) is 14.5. The molecule has 0 aliphatic carbocycles. The van der Waals surface area contributed by atoms with Gasteiger partial charge in [0.15, 0.2) is 0 Å². The second kappa shape index (κ2) is 6.98. The number of non-ortho nitro benzene ring substituents is 1. The minimum Gasteiger partial charge on any atom is -0.397 e. The fourth-order valence-electron chi connectivity index (χ4n) is 2.59. The number of hydrogen-bond acceptors (Lipinski definition) is 6. The average molecular weight is 355 g/mol. The number of nitro benzene ring substituents is 1. The zero-order valence-electron chi connectivity index (χ0n) is 13.7. The molecular weight excluding hydrogens is 338 g/mol. The molecule has 0 unspecified atom stereocenters. The lowest BCUT2D eigenvalue weighted by Gasteiger charge is -2.00. The molecule has 0 bridgehead atoms. The zero-order chi connectivity index (χ0) is 18.0. The summed E-state index contributed by atoms with van der Waals surface area (Å²) in [5, 5.41) is 11.7. The van der Waals surface area contributed by atoms with Crippen LogP contribution in [0.25, 0.3) is 10.2 Å². The molecule has 2 aromatic heterocycles. The van der Waals surface area contributed by atoms with E-state index in [0.717, 1.165) is 35.2 Å². The minimum absolute atomic E-state index is 0.120. The lowest BCUT2D eigenvalue weighted by atomic mass is 10.1. The number of thiophene rings is 1. The summed E-state index contributed by atoms with van der Waals surface area (Å²) in [4.78, 5) is 28.8. The summed E-state index contributed by atoms with van der Waals surface area (Å²) in [5.74, 6) is -0.320. The highest BCUT2D eigenvalue weighted by Gasteiger charge is 2.20. The van der Waals surface area contributed by atoms with Gasteiger partial charge in [0, 0.05) is 28.8 Å². The number of hydrogen-bond donors (Lipinski definition) is 1. The maximum absolute atomic E-state index is 12.7. The van der Waals surface area contributed by atoms with Gasteiger partial charge in [0.1, 0.15) is 9.71 Å². The minimum atomic E-state index is -0.521. The van der Waals surface area contributed by atoms with Gasteiger partial charge in [0.25, 0.3) is 5.69 Å². The predicted molar refractivity (Wildman–Crippen MR) is 99.2 cm³/mol. The monoisotopic (exact) mass is 355 g/mol. The Morgan fingerprint density at radius 3 is 2.84 bits per heavy atom. The van der Waals surface area contributed by atoms with E-state index in [2.05, 4.69) is 11.9 Å². The number of unbranched alkanes of at least 4 members (excludes halogenated alkanes) is 1. The molecule has 0 saturated heterocycles. The molecule has 0 aliphatic rings. The molecule has 0 amide bonds. The number of nitro groups is 1. The molecule has 0 spiro atoms. The number of nitrogen functional groups attached to an aromatic ring is 1. The molecule has 0 aliphatic heterocycles. The Balaban J connectivity index is 2.00. The first-order valence-electron chi connectivity index (χ1n) is 7.98. The third-order valence-electron chi connectivity index (χ3n) is 3.96. The van der Waals surface area contributed by atoms with E-state index in [-0.39, 0.29) is 17.0 Å². The molecule has 0 fully saturated rings. The number of ketones is 1. The number of carbonyl (C=O) groups excluding carboxylic acids is 1. The normalized spacial score (nSPS) is 10.9. The van der Waals surface area contributed by atoms with Crippen molar-refractivity contribution >= 4 is 38.7 Å². The number of rotatable bonds is 6. The van der Waals surface area contributed by atoms with Crippen LogP contribution in [0.3, 0.4) is 0 Å². The van der Waals surface area contributed by atoms with Crippen LogP contribution < -0.4 is 5.73 Å². The van der Waals surface area contributed by atoms with E-state index >= 15 is 0 Å². The van der Waals surface area contributed by atoms with Gasteiger partial charge in [0.2, 0.25) is 5.78 Å². The van der Waals surface area contributed by atoms with Crippen molar-refractivity contribution in [2.45, 2.75) is 26.2 Å². The number of benzene rings is 1. The molecule has 3 aromatic rings. The van der Waals surface area contributed by atoms with Crippen LogP contribution in [0.5, 0.6) is 0 Å². The number of fused-ring (bicyclic) bond motifs is 1. The van der Waals surface area contributed by atoms with Crippen molar-refractivity contribution < 1.29 is 9.72 Å². The molecule has 6 nitrogen and oxygen atoms in total. The second-order valence-corrected chi connectivity index (χ2v) is 6.74. The Bertz CT molecular complexity index is 965. The fourth-order valence-corrected chi connectivity index (χ4v) is 3.67. The highest BCUT2D eigenvalue weighted by molar-refractivity contribution is 7.21. The van der Waals surface area contributed by atoms with Crippen LogP contribution in [0.15, 0.2) is 36.4 Å². The first kappa shape index (κ1) is 17.0. The smallest absolute Gasteiger partial charge is 0.270 e. The van der Waals surface area contributed by atoms with E-state index in [0.29, 0.717) is 10.6 Å². The average Bonchev–Trinajstić information content (AvgIpc) is 2.95. The van der Waals surface area contributed by atoms with Gasteiger partial charge in [-0.2, -0.15) is 0 Å². The van der Waals surface area contributed by atoms with Gasteiger partial charge in [0.05, 0.1) is 10.6 Å². The van der Waals surface area contributed by atoms with E-state index < -0.39 is 4.92 Å². The fraction of sp³-hybridized carbons (Fsp3) is 0.222. The largest absolute Gasteiger partial charge is 0.397 e. The molecule has 7 heteroatoms. The Morgan fingerprint density at radius 2 is 2.12 bits per heavy atom. The first-order chi connectivity index (χ1) is 12.0. The Morgan fingerprint density at radius 1 is 1.32 bits per heavy atom. The summed E-state index contributed by atoms with van der Waals surface area (Å²) in [6, 6.07) is 9.50. The van der Waals surface area contributed by atoms with Crippen molar-refractivity contribution in [2.24, 2.45) is 0 Å². The van der Waals surface area contributed by atoms with Crippen LogP contribution in [0.1, 0.15) is 40.7 Å². The maximum Gasteiger partial charge on any atom is 0.270 e. The lowest BCUT2D eigenvalue weighted by Crippen LogP contribution is -2.02. The van der Waals surface area contributed by atoms with E-state index in [1.807, 2.05) is 12.1 Å². The highest BCUT2D eigenvalue weighted by atomic mass is 32.1. The maximum atomic E-state index is 12.7. The van der Waals surface area contributed by atoms with Crippen LogP contribution in [-0.4, -0.2) is 15.7 Å². The summed E-state index contributed by atoms with van der Waals surface area (Å²) < 4.78 is 0. The third kappa shape index (κ3) is 3.36. The Hall–Kier alpha value is -2.80. The van der Waals surface area contributed by atoms with Gasteiger partial charge in [-0.05, 0) is 25.0 Å². The van der Waals surface area contributed by atoms with Crippen molar-refractivity contribution in [3.8, 4) is 0 Å². The molecule has 25 heavy (non-hydrogen) atoms. The van der Waals surface area contributed by atoms with Crippen LogP contribution in [0.2, 0.25) is 0 Å². The summed E-state index contributed by atoms with van der Waals surface area (Å²) in [5.41, 5.74) is 7.63. The lowest BCUT2D eigenvalue weighted by molar-refractivity contribution is -0.384. The van der Waals surface area contributed by atoms with Gasteiger partial charge >= 0.3 is 0 Å². The van der Waals surface area contributed by atoms with Gasteiger partial charge in [-0.15, -0.1) is 11.3 Å². The molecule has 2 N–H and O–H groups in total. The quantitative estimate of drug-likeness (QED) is 0.402. The van der Waals surface area contributed by atoms with Gasteiger partial charge in [-0.1, -0.05) is 25.5 Å². The van der Waals surface area contributed by atoms with Crippen LogP contribution in [0, 0.1) is 10.1 Å². The van der Waals surface area contributed by atoms with Crippen molar-refractivity contribution in [1.82, 2.24) is 4.98 Å². The van der Waals surface area contributed by atoms with Gasteiger partial charge in [-0.3, -0.25) is 14.9 Å². The number of pyridine rings is 1. The van der Waals surface area contributed by atoms with Crippen molar-refractivity contribution in [3.05, 3.63) is 62.6 Å². The van der Waals surface area contributed by atoms with Crippen LogP contribution in [0.4, 0.5) is 11.4 Å². The van der Waals surface area contributed by atoms with E-state index in [4.69, 9.17) is 5.73 Å². The van der Waals surface area contributed by atoms with Crippen molar-refractivity contribution in [3.63, 3.8) is 0 Å². The number of aryl methyl sites for hydroxylation is 1. The first-order valence-corrected chi connectivity index (χ1v) is 8.80. The molecule has 3 rings (SSSR count). The van der Waals surface area contributed by atoms with E-state index in [1.54, 1.807) is 6.07 Å². The molecule has 0 atom stereocenters. The number of nitrogens with zero attached hydrogens (tertiary/aromatic N) is 2. The molecule has 128 valence electrons. The molecule has 0 radical (unpaired) electrons. The molecular formula is C18H17N3O3S. The SMILES string of the molecule is CCCCc1ccc2c(N)c(C(=O)c3cccc([N+](=O)[O-])c3)sc2n1. The van der Waals surface area contributed by atoms with Gasteiger partial charge in [-0.25, -0.2) is 4.98 Å².